The summed E-state index contributed by atoms with van der Waals surface area (Å²) in [6.07, 6.45) is 1.52. The molecule has 6 nitrogen and oxygen atoms in total. The predicted octanol–water partition coefficient (Wildman–Crippen LogP) is 4.53. The summed E-state index contributed by atoms with van der Waals surface area (Å²) in [5.41, 5.74) is 3.02. The van der Waals surface area contributed by atoms with Gasteiger partial charge in [-0.3, -0.25) is 9.59 Å². The molecule has 1 amide bonds. The summed E-state index contributed by atoms with van der Waals surface area (Å²) < 4.78 is 10.7. The first-order valence-corrected chi connectivity index (χ1v) is 9.93. The lowest BCUT2D eigenvalue weighted by Crippen LogP contribution is -2.29. The predicted molar refractivity (Wildman–Crippen MR) is 115 cm³/mol. The van der Waals surface area contributed by atoms with Crippen molar-refractivity contribution in [2.75, 3.05) is 7.11 Å². The Morgan fingerprint density at radius 3 is 2.48 bits per heavy atom. The van der Waals surface area contributed by atoms with Crippen LogP contribution in [0, 0.1) is 13.8 Å². The number of ketones is 1. The topological polar surface area (TPSA) is 80.0 Å². The van der Waals surface area contributed by atoms with Gasteiger partial charge in [0.15, 0.2) is 0 Å². The third kappa shape index (κ3) is 3.61. The molecule has 1 saturated heterocycles. The number of carbonyl (C=O) groups is 2. The van der Waals surface area contributed by atoms with Crippen molar-refractivity contribution < 1.29 is 23.8 Å². The van der Waals surface area contributed by atoms with Crippen LogP contribution in [0.3, 0.4) is 0 Å². The van der Waals surface area contributed by atoms with Gasteiger partial charge in [0.1, 0.15) is 17.3 Å². The molecule has 158 valence electrons. The quantitative estimate of drug-likeness (QED) is 0.375. The van der Waals surface area contributed by atoms with Gasteiger partial charge in [-0.1, -0.05) is 24.3 Å². The summed E-state index contributed by atoms with van der Waals surface area (Å²) >= 11 is 0. The third-order valence-corrected chi connectivity index (χ3v) is 5.60. The zero-order valence-corrected chi connectivity index (χ0v) is 17.6. The van der Waals surface area contributed by atoms with Crippen LogP contribution in [0.15, 0.2) is 70.9 Å². The van der Waals surface area contributed by atoms with Gasteiger partial charge in [-0.05, 0) is 60.9 Å². The van der Waals surface area contributed by atoms with Gasteiger partial charge in [0.25, 0.3) is 11.7 Å². The van der Waals surface area contributed by atoms with Crippen LogP contribution >= 0.6 is 0 Å². The van der Waals surface area contributed by atoms with Crippen molar-refractivity contribution in [2.45, 2.75) is 26.4 Å². The number of likely N-dealkylation sites (tertiary alicyclic amines) is 1. The summed E-state index contributed by atoms with van der Waals surface area (Å²) in [4.78, 5) is 27.6. The highest BCUT2D eigenvalue weighted by atomic mass is 16.5. The SMILES string of the molecule is COc1ccc(/C(O)=C2\C(=O)C(=O)N(Cc3ccco3)C2c2ccccc2C)cc1C. The zero-order chi connectivity index (χ0) is 22.1. The number of nitrogens with zero attached hydrogens (tertiary/aromatic N) is 1. The molecule has 0 radical (unpaired) electrons. The fourth-order valence-electron chi connectivity index (χ4n) is 4.01. The molecule has 31 heavy (non-hydrogen) atoms. The molecule has 2 heterocycles. The van der Waals surface area contributed by atoms with Gasteiger partial charge < -0.3 is 19.2 Å². The van der Waals surface area contributed by atoms with E-state index in [0.29, 0.717) is 17.1 Å². The number of hydrogen-bond acceptors (Lipinski definition) is 5. The van der Waals surface area contributed by atoms with Gasteiger partial charge in [0.2, 0.25) is 0 Å². The van der Waals surface area contributed by atoms with Crippen LogP contribution in [0.1, 0.15) is 34.1 Å². The zero-order valence-electron chi connectivity index (χ0n) is 17.6. The number of amides is 1. The number of ether oxygens (including phenoxy) is 1. The number of rotatable bonds is 5. The summed E-state index contributed by atoms with van der Waals surface area (Å²) in [6, 6.07) is 15.4. The molecule has 1 unspecified atom stereocenters. The van der Waals surface area contributed by atoms with E-state index in [1.54, 1.807) is 37.4 Å². The molecule has 6 heteroatoms. The maximum absolute atomic E-state index is 13.1. The van der Waals surface area contributed by atoms with E-state index in [-0.39, 0.29) is 17.9 Å². The highest BCUT2D eigenvalue weighted by molar-refractivity contribution is 6.46. The highest BCUT2D eigenvalue weighted by Crippen LogP contribution is 2.41. The van der Waals surface area contributed by atoms with Gasteiger partial charge in [0, 0.05) is 5.56 Å². The van der Waals surface area contributed by atoms with Gasteiger partial charge in [-0.25, -0.2) is 0 Å². The number of aryl methyl sites for hydroxylation is 2. The van der Waals surface area contributed by atoms with E-state index in [4.69, 9.17) is 9.15 Å². The number of benzene rings is 2. The summed E-state index contributed by atoms with van der Waals surface area (Å²) in [6.45, 7) is 3.89. The summed E-state index contributed by atoms with van der Waals surface area (Å²) in [5.74, 6) is -0.368. The molecule has 0 aliphatic carbocycles. The van der Waals surface area contributed by atoms with E-state index in [0.717, 1.165) is 16.7 Å². The van der Waals surface area contributed by atoms with Gasteiger partial charge in [0.05, 0.1) is 31.5 Å². The van der Waals surface area contributed by atoms with Crippen molar-refractivity contribution in [3.05, 3.63) is 94.4 Å². The fraction of sp³-hybridized carbons (Fsp3) is 0.200. The maximum Gasteiger partial charge on any atom is 0.296 e. The van der Waals surface area contributed by atoms with Gasteiger partial charge in [-0.15, -0.1) is 0 Å². The molecule has 4 rings (SSSR count). The number of aliphatic hydroxyl groups is 1. The fourth-order valence-corrected chi connectivity index (χ4v) is 4.01. The van der Waals surface area contributed by atoms with Crippen LogP contribution in [0.25, 0.3) is 5.76 Å². The second-order valence-corrected chi connectivity index (χ2v) is 7.55. The smallest absolute Gasteiger partial charge is 0.296 e. The Morgan fingerprint density at radius 1 is 1.06 bits per heavy atom. The first-order chi connectivity index (χ1) is 14.9. The Balaban J connectivity index is 1.89. The van der Waals surface area contributed by atoms with E-state index in [9.17, 15) is 14.7 Å². The number of furan rings is 1. The lowest BCUT2D eigenvalue weighted by atomic mass is 9.92. The van der Waals surface area contributed by atoms with Crippen molar-refractivity contribution >= 4 is 17.4 Å². The Labute approximate surface area is 180 Å². The normalized spacial score (nSPS) is 17.9. The van der Waals surface area contributed by atoms with Crippen molar-refractivity contribution in [3.8, 4) is 5.75 Å². The maximum atomic E-state index is 13.1. The molecule has 0 spiro atoms. The van der Waals surface area contributed by atoms with Crippen LogP contribution in [-0.4, -0.2) is 28.8 Å². The minimum Gasteiger partial charge on any atom is -0.507 e. The molecule has 1 aliphatic heterocycles. The molecule has 1 fully saturated rings. The third-order valence-electron chi connectivity index (χ3n) is 5.60. The van der Waals surface area contributed by atoms with Crippen LogP contribution in [0.2, 0.25) is 0 Å². The van der Waals surface area contributed by atoms with Crippen molar-refractivity contribution in [3.63, 3.8) is 0 Å². The Bertz CT molecular complexity index is 1180. The highest BCUT2D eigenvalue weighted by Gasteiger charge is 2.46. The van der Waals surface area contributed by atoms with E-state index in [1.165, 1.54) is 11.2 Å². The van der Waals surface area contributed by atoms with Crippen LogP contribution < -0.4 is 4.74 Å². The minimum atomic E-state index is -0.728. The molecule has 1 aliphatic rings. The Morgan fingerprint density at radius 2 is 1.84 bits per heavy atom. The molecule has 1 atom stereocenters. The molecule has 0 saturated carbocycles. The summed E-state index contributed by atoms with van der Waals surface area (Å²) in [5, 5.41) is 11.2. The average Bonchev–Trinajstić information content (AvgIpc) is 3.36. The first kappa shape index (κ1) is 20.5. The lowest BCUT2D eigenvalue weighted by molar-refractivity contribution is -0.140. The van der Waals surface area contributed by atoms with Gasteiger partial charge in [-0.2, -0.15) is 0 Å². The molecule has 1 N–H and O–H groups in total. The number of methoxy groups -OCH3 is 1. The summed E-state index contributed by atoms with van der Waals surface area (Å²) in [7, 11) is 1.57. The van der Waals surface area contributed by atoms with E-state index in [1.807, 2.05) is 38.1 Å². The van der Waals surface area contributed by atoms with Crippen molar-refractivity contribution in [1.29, 1.82) is 0 Å². The van der Waals surface area contributed by atoms with Crippen LogP contribution in [0.4, 0.5) is 0 Å². The van der Waals surface area contributed by atoms with Crippen molar-refractivity contribution in [1.82, 2.24) is 4.90 Å². The lowest BCUT2D eigenvalue weighted by Gasteiger charge is -2.25. The minimum absolute atomic E-state index is 0.0652. The molecule has 1 aromatic heterocycles. The van der Waals surface area contributed by atoms with E-state index in [2.05, 4.69) is 0 Å². The Hall–Kier alpha value is -3.80. The molecular weight excluding hydrogens is 394 g/mol. The van der Waals surface area contributed by atoms with E-state index >= 15 is 0 Å². The molecule has 0 bridgehead atoms. The average molecular weight is 417 g/mol. The number of aliphatic hydroxyl groups excluding tert-OH is 1. The molecular formula is C25H23NO5. The van der Waals surface area contributed by atoms with E-state index < -0.39 is 17.7 Å². The number of carbonyl (C=O) groups excluding carboxylic acids is 2. The monoisotopic (exact) mass is 417 g/mol. The second-order valence-electron chi connectivity index (χ2n) is 7.55. The molecule has 2 aromatic carbocycles. The number of hydrogen-bond donors (Lipinski definition) is 1. The number of Topliss-reactive ketones (excluding diaryl/α,β-unsaturated/α-hetero) is 1. The second kappa shape index (κ2) is 8.14. The van der Waals surface area contributed by atoms with Crippen molar-refractivity contribution in [2.24, 2.45) is 0 Å². The van der Waals surface area contributed by atoms with Crippen LogP contribution in [-0.2, 0) is 16.1 Å². The molecule has 3 aromatic rings. The first-order valence-electron chi connectivity index (χ1n) is 9.93. The van der Waals surface area contributed by atoms with Gasteiger partial charge >= 0.3 is 0 Å². The largest absolute Gasteiger partial charge is 0.507 e. The Kier molecular flexibility index (Phi) is 5.38. The van der Waals surface area contributed by atoms with Crippen LogP contribution in [0.5, 0.6) is 5.75 Å². The standard InChI is InChI=1S/C25H23NO5/c1-15-7-4-5-9-19(15)22-21(23(27)17-10-11-20(30-3)16(2)13-17)24(28)25(29)26(22)14-18-8-6-12-31-18/h4-13,22,27H,14H2,1-3H3/b23-21+.